The molecule has 160 valence electrons. The van der Waals surface area contributed by atoms with Gasteiger partial charge in [-0.3, -0.25) is 0 Å². The Bertz CT molecular complexity index is 739. The highest BCUT2D eigenvalue weighted by atomic mass is 32.2. The highest BCUT2D eigenvalue weighted by Gasteiger charge is 2.52. The monoisotopic (exact) mass is 419 g/mol. The van der Waals surface area contributed by atoms with Crippen molar-refractivity contribution >= 4 is 31.0 Å². The molecule has 1 aliphatic rings. The van der Waals surface area contributed by atoms with Crippen molar-refractivity contribution in [2.75, 3.05) is 12.3 Å². The summed E-state index contributed by atoms with van der Waals surface area (Å²) in [5, 5.41) is 2.84. The third-order valence-corrected chi connectivity index (χ3v) is 5.79. The van der Waals surface area contributed by atoms with Crippen molar-refractivity contribution in [1.29, 1.82) is 0 Å². The molecule has 1 aliphatic heterocycles. The molecule has 0 unspecified atom stereocenters. The van der Waals surface area contributed by atoms with E-state index in [4.69, 9.17) is 14.0 Å². The van der Waals surface area contributed by atoms with E-state index in [0.29, 0.717) is 0 Å². The number of carbonyl (C=O) groups is 1. The standard InChI is InChI=1S/C22H34BNO4S/c1-9-29-18-12-10-11-16(14-18)13-17(15-24-19(25)26-20(2,3)4)23-27-21(5,6)22(7,8)28-23/h10-14H,9,15H2,1-8H3,(H,24,25). The van der Waals surface area contributed by atoms with Crippen molar-refractivity contribution in [3.63, 3.8) is 0 Å². The van der Waals surface area contributed by atoms with Gasteiger partial charge in [-0.05, 0) is 77.4 Å². The zero-order valence-electron chi connectivity index (χ0n) is 18.9. The first-order valence-corrected chi connectivity index (χ1v) is 11.1. The summed E-state index contributed by atoms with van der Waals surface area (Å²) in [4.78, 5) is 13.4. The van der Waals surface area contributed by atoms with Crippen LogP contribution in [0.5, 0.6) is 0 Å². The molecule has 1 saturated heterocycles. The van der Waals surface area contributed by atoms with Gasteiger partial charge >= 0.3 is 13.2 Å². The summed E-state index contributed by atoms with van der Waals surface area (Å²) in [6.45, 7) is 16.0. The minimum Gasteiger partial charge on any atom is -0.444 e. The van der Waals surface area contributed by atoms with E-state index in [1.807, 2.05) is 66.7 Å². The van der Waals surface area contributed by atoms with E-state index in [9.17, 15) is 4.79 Å². The molecule has 0 radical (unpaired) electrons. The van der Waals surface area contributed by atoms with E-state index in [1.165, 1.54) is 4.90 Å². The third kappa shape index (κ3) is 6.80. The minimum absolute atomic E-state index is 0.275. The molecule has 1 fully saturated rings. The average Bonchev–Trinajstić information content (AvgIpc) is 2.78. The smallest absolute Gasteiger partial charge is 0.444 e. The van der Waals surface area contributed by atoms with Crippen LogP contribution in [0.4, 0.5) is 4.79 Å². The van der Waals surface area contributed by atoms with E-state index in [0.717, 1.165) is 16.8 Å². The lowest BCUT2D eigenvalue weighted by Crippen LogP contribution is -2.41. The van der Waals surface area contributed by atoms with Gasteiger partial charge in [-0.15, -0.1) is 11.8 Å². The SMILES string of the molecule is CCSc1cccc(C=C(CNC(=O)OC(C)(C)C)B2OC(C)(C)C(C)(C)O2)c1. The van der Waals surface area contributed by atoms with Crippen LogP contribution in [0.1, 0.15) is 61.0 Å². The first-order chi connectivity index (χ1) is 13.3. The molecule has 29 heavy (non-hydrogen) atoms. The zero-order chi connectivity index (χ0) is 21.9. The first-order valence-electron chi connectivity index (χ1n) is 10.1. The van der Waals surface area contributed by atoms with Crippen LogP contribution in [0.3, 0.4) is 0 Å². The largest absolute Gasteiger partial charge is 0.492 e. The molecule has 0 saturated carbocycles. The van der Waals surface area contributed by atoms with Gasteiger partial charge in [0.15, 0.2) is 0 Å². The number of carbonyl (C=O) groups excluding carboxylic acids is 1. The van der Waals surface area contributed by atoms with Crippen molar-refractivity contribution in [2.24, 2.45) is 0 Å². The maximum atomic E-state index is 12.2. The Hall–Kier alpha value is -1.44. The molecular formula is C22H34BNO4S. The molecule has 0 spiro atoms. The number of hydrogen-bond acceptors (Lipinski definition) is 5. The molecule has 1 aromatic carbocycles. The number of benzene rings is 1. The molecule has 1 aromatic rings. The predicted octanol–water partition coefficient (Wildman–Crippen LogP) is 5.34. The number of amides is 1. The second-order valence-electron chi connectivity index (χ2n) is 9.17. The molecule has 0 aliphatic carbocycles. The second kappa shape index (κ2) is 9.15. The first kappa shape index (κ1) is 23.8. The fourth-order valence-corrected chi connectivity index (χ4v) is 3.49. The number of ether oxygens (including phenoxy) is 1. The van der Waals surface area contributed by atoms with Gasteiger partial charge in [0.2, 0.25) is 0 Å². The van der Waals surface area contributed by atoms with Crippen molar-refractivity contribution in [1.82, 2.24) is 5.32 Å². The maximum Gasteiger partial charge on any atom is 0.492 e. The number of nitrogens with one attached hydrogen (secondary N) is 1. The van der Waals surface area contributed by atoms with E-state index >= 15 is 0 Å². The van der Waals surface area contributed by atoms with Crippen molar-refractivity contribution in [2.45, 2.75) is 77.1 Å². The highest BCUT2D eigenvalue weighted by Crippen LogP contribution is 2.38. The summed E-state index contributed by atoms with van der Waals surface area (Å²) in [6, 6.07) is 8.30. The number of hydrogen-bond donors (Lipinski definition) is 1. The fraction of sp³-hybridized carbons (Fsp3) is 0.591. The molecule has 0 bridgehead atoms. The van der Waals surface area contributed by atoms with Crippen molar-refractivity contribution < 1.29 is 18.8 Å². The van der Waals surface area contributed by atoms with Gasteiger partial charge in [0, 0.05) is 11.4 Å². The summed E-state index contributed by atoms with van der Waals surface area (Å²) in [5.41, 5.74) is 0.419. The topological polar surface area (TPSA) is 56.8 Å². The molecule has 2 rings (SSSR count). The van der Waals surface area contributed by atoms with Gasteiger partial charge in [-0.2, -0.15) is 0 Å². The molecule has 7 heteroatoms. The van der Waals surface area contributed by atoms with E-state index in [2.05, 4.69) is 24.4 Å². The lowest BCUT2D eigenvalue weighted by molar-refractivity contribution is 0.00578. The van der Waals surface area contributed by atoms with Crippen molar-refractivity contribution in [3.8, 4) is 0 Å². The van der Waals surface area contributed by atoms with E-state index in [-0.39, 0.29) is 6.54 Å². The van der Waals surface area contributed by atoms with Crippen LogP contribution in [0.15, 0.2) is 34.6 Å². The third-order valence-electron chi connectivity index (χ3n) is 4.91. The van der Waals surface area contributed by atoms with Gasteiger partial charge in [0.05, 0.1) is 11.2 Å². The lowest BCUT2D eigenvalue weighted by Gasteiger charge is -2.32. The van der Waals surface area contributed by atoms with Gasteiger partial charge in [-0.25, -0.2) is 4.79 Å². The summed E-state index contributed by atoms with van der Waals surface area (Å²) in [6.07, 6.45) is 1.56. The minimum atomic E-state index is -0.552. The van der Waals surface area contributed by atoms with Crippen LogP contribution in [0, 0.1) is 0 Å². The van der Waals surface area contributed by atoms with Crippen LogP contribution >= 0.6 is 11.8 Å². The Morgan fingerprint density at radius 1 is 1.21 bits per heavy atom. The predicted molar refractivity (Wildman–Crippen MR) is 121 cm³/mol. The quantitative estimate of drug-likeness (QED) is 0.498. The summed E-state index contributed by atoms with van der Waals surface area (Å²) in [7, 11) is -0.544. The maximum absolute atomic E-state index is 12.2. The molecule has 0 aromatic heterocycles. The van der Waals surface area contributed by atoms with Gasteiger partial charge in [-0.1, -0.05) is 25.1 Å². The molecule has 1 amide bonds. The van der Waals surface area contributed by atoms with Crippen LogP contribution in [0.2, 0.25) is 0 Å². The molecular weight excluding hydrogens is 385 g/mol. The molecule has 5 nitrogen and oxygen atoms in total. The lowest BCUT2D eigenvalue weighted by atomic mass is 9.77. The van der Waals surface area contributed by atoms with E-state index < -0.39 is 30.0 Å². The number of thioether (sulfide) groups is 1. The van der Waals surface area contributed by atoms with Gasteiger partial charge in [0.25, 0.3) is 0 Å². The zero-order valence-corrected chi connectivity index (χ0v) is 19.7. The Balaban J connectivity index is 2.26. The normalized spacial score (nSPS) is 18.6. The van der Waals surface area contributed by atoms with Crippen LogP contribution in [0.25, 0.3) is 6.08 Å². The molecule has 1 heterocycles. The highest BCUT2D eigenvalue weighted by molar-refractivity contribution is 7.99. The average molecular weight is 419 g/mol. The Labute approximate surface area is 180 Å². The fourth-order valence-electron chi connectivity index (χ4n) is 2.76. The number of alkyl carbamates (subject to hydrolysis) is 1. The Kier molecular flexibility index (Phi) is 7.52. The molecule has 1 N–H and O–H groups in total. The van der Waals surface area contributed by atoms with Crippen LogP contribution in [-0.2, 0) is 14.0 Å². The number of rotatable bonds is 6. The van der Waals surface area contributed by atoms with Crippen molar-refractivity contribution in [3.05, 3.63) is 35.3 Å². The summed E-state index contributed by atoms with van der Waals surface area (Å²) < 4.78 is 17.8. The van der Waals surface area contributed by atoms with Gasteiger partial charge < -0.3 is 19.4 Å². The van der Waals surface area contributed by atoms with Gasteiger partial charge in [0.1, 0.15) is 5.60 Å². The summed E-state index contributed by atoms with van der Waals surface area (Å²) in [5.74, 6) is 1.01. The Morgan fingerprint density at radius 2 is 1.83 bits per heavy atom. The Morgan fingerprint density at radius 3 is 2.38 bits per heavy atom. The van der Waals surface area contributed by atoms with Crippen LogP contribution < -0.4 is 5.32 Å². The molecule has 0 atom stereocenters. The second-order valence-corrected chi connectivity index (χ2v) is 10.5. The summed E-state index contributed by atoms with van der Waals surface area (Å²) >= 11 is 1.79. The van der Waals surface area contributed by atoms with Crippen LogP contribution in [-0.4, -0.2) is 42.3 Å². The van der Waals surface area contributed by atoms with E-state index in [1.54, 1.807) is 11.8 Å².